The van der Waals surface area contributed by atoms with E-state index in [1.807, 2.05) is 26.1 Å². The Kier molecular flexibility index (Phi) is 5.08. The summed E-state index contributed by atoms with van der Waals surface area (Å²) >= 11 is 1.59. The van der Waals surface area contributed by atoms with Crippen LogP contribution < -0.4 is 0 Å². The Balaban J connectivity index is 2.04. The lowest BCUT2D eigenvalue weighted by Gasteiger charge is -2.12. The standard InChI is InChI=1S/C22H22FN3O2S/c1-4-5-13(2)29-22-20-16(17-6-8-24-25(17)3)11-15(23)12-18(20)26-9-7-14(21(22)26)10-19(27)28/h4-6,8,11-12,14H,1,7,9-10H2,2-3H3,(H,27,28)/b13-5+. The summed E-state index contributed by atoms with van der Waals surface area (Å²) in [5, 5.41) is 14.6. The Morgan fingerprint density at radius 1 is 1.48 bits per heavy atom. The van der Waals surface area contributed by atoms with E-state index in [1.165, 1.54) is 6.07 Å². The molecule has 0 saturated carbocycles. The fourth-order valence-electron chi connectivity index (χ4n) is 4.21. The zero-order valence-corrected chi connectivity index (χ0v) is 17.2. The number of fused-ring (bicyclic) bond motifs is 3. The van der Waals surface area contributed by atoms with Crippen LogP contribution in [-0.2, 0) is 18.4 Å². The van der Waals surface area contributed by atoms with Gasteiger partial charge in [0.05, 0.1) is 17.6 Å². The average molecular weight is 412 g/mol. The molecule has 0 bridgehead atoms. The molecule has 150 valence electrons. The minimum atomic E-state index is -0.818. The van der Waals surface area contributed by atoms with Crippen LogP contribution in [0, 0.1) is 5.82 Å². The molecule has 2 aromatic heterocycles. The average Bonchev–Trinajstić information content (AvgIpc) is 3.32. The molecule has 1 aliphatic rings. The van der Waals surface area contributed by atoms with Gasteiger partial charge < -0.3 is 9.67 Å². The normalized spacial score (nSPS) is 16.4. The van der Waals surface area contributed by atoms with Crippen LogP contribution in [0.1, 0.15) is 31.4 Å². The maximum Gasteiger partial charge on any atom is 0.304 e. The summed E-state index contributed by atoms with van der Waals surface area (Å²) in [6.07, 6.45) is 6.16. The molecule has 0 aliphatic carbocycles. The summed E-state index contributed by atoms with van der Waals surface area (Å²) < 4.78 is 18.4. The van der Waals surface area contributed by atoms with E-state index >= 15 is 0 Å². The maximum absolute atomic E-state index is 14.6. The van der Waals surface area contributed by atoms with E-state index in [4.69, 9.17) is 0 Å². The number of benzene rings is 1. The highest BCUT2D eigenvalue weighted by Crippen LogP contribution is 2.49. The monoisotopic (exact) mass is 411 g/mol. The highest BCUT2D eigenvalue weighted by atomic mass is 32.2. The van der Waals surface area contributed by atoms with Crippen LogP contribution >= 0.6 is 11.8 Å². The first-order valence-corrected chi connectivity index (χ1v) is 10.2. The molecule has 4 rings (SSSR count). The fourth-order valence-corrected chi connectivity index (χ4v) is 5.39. The summed E-state index contributed by atoms with van der Waals surface area (Å²) in [6.45, 7) is 6.45. The lowest BCUT2D eigenvalue weighted by molar-refractivity contribution is -0.137. The number of allylic oxidation sites excluding steroid dienone is 3. The van der Waals surface area contributed by atoms with Gasteiger partial charge in [0.1, 0.15) is 5.82 Å². The van der Waals surface area contributed by atoms with Gasteiger partial charge in [0.25, 0.3) is 0 Å². The molecule has 1 atom stereocenters. The van der Waals surface area contributed by atoms with Crippen molar-refractivity contribution in [3.8, 4) is 11.3 Å². The predicted octanol–water partition coefficient (Wildman–Crippen LogP) is 5.32. The van der Waals surface area contributed by atoms with Gasteiger partial charge in [0.2, 0.25) is 0 Å². The molecule has 7 heteroatoms. The number of carboxylic acids is 1. The molecule has 0 amide bonds. The van der Waals surface area contributed by atoms with Crippen molar-refractivity contribution in [2.45, 2.75) is 37.1 Å². The minimum Gasteiger partial charge on any atom is -0.481 e. The van der Waals surface area contributed by atoms with Crippen molar-refractivity contribution in [3.63, 3.8) is 0 Å². The van der Waals surface area contributed by atoms with Gasteiger partial charge in [0.15, 0.2) is 0 Å². The minimum absolute atomic E-state index is 0.0671. The van der Waals surface area contributed by atoms with Gasteiger partial charge in [-0.25, -0.2) is 4.39 Å². The number of aliphatic carboxylic acids is 1. The van der Waals surface area contributed by atoms with Crippen LogP contribution in [0.15, 0.2) is 52.9 Å². The Labute approximate surface area is 172 Å². The number of nitrogens with zero attached hydrogens (tertiary/aromatic N) is 3. The van der Waals surface area contributed by atoms with Gasteiger partial charge in [0, 0.05) is 47.2 Å². The zero-order chi connectivity index (χ0) is 20.7. The molecule has 5 nitrogen and oxygen atoms in total. The van der Waals surface area contributed by atoms with Crippen LogP contribution in [0.3, 0.4) is 0 Å². The zero-order valence-electron chi connectivity index (χ0n) is 16.4. The molecule has 1 N–H and O–H groups in total. The second-order valence-electron chi connectivity index (χ2n) is 7.25. The maximum atomic E-state index is 14.6. The number of hydrogen-bond acceptors (Lipinski definition) is 3. The molecule has 3 heterocycles. The number of rotatable bonds is 6. The quantitative estimate of drug-likeness (QED) is 0.440. The first-order valence-electron chi connectivity index (χ1n) is 9.43. The number of hydrogen-bond donors (Lipinski definition) is 1. The number of aryl methyl sites for hydroxylation is 2. The van der Waals surface area contributed by atoms with E-state index in [0.29, 0.717) is 6.54 Å². The third-order valence-corrected chi connectivity index (χ3v) is 6.42. The summed E-state index contributed by atoms with van der Waals surface area (Å²) in [5.41, 5.74) is 3.38. The summed E-state index contributed by atoms with van der Waals surface area (Å²) in [5.74, 6) is -1.23. The lowest BCUT2D eigenvalue weighted by atomic mass is 9.99. The summed E-state index contributed by atoms with van der Waals surface area (Å²) in [6, 6.07) is 4.96. The Morgan fingerprint density at radius 3 is 2.93 bits per heavy atom. The first kappa shape index (κ1) is 19.5. The van der Waals surface area contributed by atoms with Crippen molar-refractivity contribution in [3.05, 3.63) is 59.5 Å². The highest BCUT2D eigenvalue weighted by molar-refractivity contribution is 8.03. The second kappa shape index (κ2) is 7.55. The number of halogens is 1. The van der Waals surface area contributed by atoms with E-state index in [1.54, 1.807) is 34.8 Å². The van der Waals surface area contributed by atoms with E-state index in [-0.39, 0.29) is 18.2 Å². The molecule has 0 fully saturated rings. The van der Waals surface area contributed by atoms with Crippen LogP contribution in [0.25, 0.3) is 22.2 Å². The van der Waals surface area contributed by atoms with Gasteiger partial charge in [-0.3, -0.25) is 9.48 Å². The molecule has 0 saturated heterocycles. The van der Waals surface area contributed by atoms with E-state index in [9.17, 15) is 14.3 Å². The third kappa shape index (κ3) is 3.40. The van der Waals surface area contributed by atoms with Crippen molar-refractivity contribution in [2.75, 3.05) is 0 Å². The first-order chi connectivity index (χ1) is 13.9. The van der Waals surface area contributed by atoms with Crippen molar-refractivity contribution in [2.24, 2.45) is 7.05 Å². The summed E-state index contributed by atoms with van der Waals surface area (Å²) in [4.78, 5) is 13.5. The molecule has 1 unspecified atom stereocenters. The van der Waals surface area contributed by atoms with Gasteiger partial charge in [-0.1, -0.05) is 30.5 Å². The number of carboxylic acid groups (broad SMARTS) is 1. The Bertz CT molecular complexity index is 1160. The largest absolute Gasteiger partial charge is 0.481 e. The molecule has 0 spiro atoms. The predicted molar refractivity (Wildman–Crippen MR) is 114 cm³/mol. The van der Waals surface area contributed by atoms with Crippen LogP contribution in [0.2, 0.25) is 0 Å². The third-order valence-electron chi connectivity index (χ3n) is 5.34. The van der Waals surface area contributed by atoms with Crippen molar-refractivity contribution in [1.29, 1.82) is 0 Å². The van der Waals surface area contributed by atoms with E-state index in [0.717, 1.165) is 44.1 Å². The molecule has 0 radical (unpaired) electrons. The number of thioether (sulfide) groups is 1. The molecule has 3 aromatic rings. The van der Waals surface area contributed by atoms with Gasteiger partial charge >= 0.3 is 5.97 Å². The van der Waals surface area contributed by atoms with Crippen LogP contribution in [0.4, 0.5) is 4.39 Å². The molecule has 1 aromatic carbocycles. The van der Waals surface area contributed by atoms with Gasteiger partial charge in [-0.05, 0) is 36.4 Å². The second-order valence-corrected chi connectivity index (χ2v) is 8.51. The van der Waals surface area contributed by atoms with Gasteiger partial charge in [-0.2, -0.15) is 5.10 Å². The van der Waals surface area contributed by atoms with Crippen LogP contribution in [-0.4, -0.2) is 25.4 Å². The summed E-state index contributed by atoms with van der Waals surface area (Å²) in [7, 11) is 1.83. The Morgan fingerprint density at radius 2 is 2.28 bits per heavy atom. The molecule has 1 aliphatic heterocycles. The number of aromatic nitrogens is 3. The Hall–Kier alpha value is -2.80. The van der Waals surface area contributed by atoms with Crippen LogP contribution in [0.5, 0.6) is 0 Å². The molecular formula is C22H22FN3O2S. The fraction of sp³-hybridized carbons (Fsp3) is 0.273. The van der Waals surface area contributed by atoms with Gasteiger partial charge in [-0.15, -0.1) is 0 Å². The molecular weight excluding hydrogens is 389 g/mol. The highest BCUT2D eigenvalue weighted by Gasteiger charge is 2.33. The topological polar surface area (TPSA) is 60.0 Å². The van der Waals surface area contributed by atoms with Crippen molar-refractivity contribution >= 4 is 28.6 Å². The lowest BCUT2D eigenvalue weighted by Crippen LogP contribution is -2.04. The molecule has 29 heavy (non-hydrogen) atoms. The van der Waals surface area contributed by atoms with Crippen molar-refractivity contribution in [1.82, 2.24) is 14.3 Å². The number of carbonyl (C=O) groups is 1. The smallest absolute Gasteiger partial charge is 0.304 e. The van der Waals surface area contributed by atoms with E-state index < -0.39 is 5.97 Å². The van der Waals surface area contributed by atoms with Crippen molar-refractivity contribution < 1.29 is 14.3 Å². The SMILES string of the molecule is C=C/C=C(\C)Sc1c2n(c3cc(F)cc(-c4ccnn4C)c13)CCC2CC(=O)O. The van der Waals surface area contributed by atoms with E-state index in [2.05, 4.69) is 16.2 Å².